The highest BCUT2D eigenvalue weighted by molar-refractivity contribution is 14.0. The molecule has 0 bridgehead atoms. The summed E-state index contributed by atoms with van der Waals surface area (Å²) in [6.45, 7) is 6.50. The van der Waals surface area contributed by atoms with E-state index < -0.39 is 10.0 Å². The van der Waals surface area contributed by atoms with E-state index in [9.17, 15) is 8.42 Å². The van der Waals surface area contributed by atoms with Crippen LogP contribution in [-0.2, 0) is 16.6 Å². The van der Waals surface area contributed by atoms with Crippen molar-refractivity contribution < 1.29 is 8.42 Å². The first-order chi connectivity index (χ1) is 11.3. The highest BCUT2D eigenvalue weighted by Gasteiger charge is 2.16. The predicted molar refractivity (Wildman–Crippen MR) is 115 cm³/mol. The molecule has 0 radical (unpaired) electrons. The van der Waals surface area contributed by atoms with Crippen molar-refractivity contribution in [3.8, 4) is 0 Å². The lowest BCUT2D eigenvalue weighted by atomic mass is 10.2. The van der Waals surface area contributed by atoms with Crippen LogP contribution in [0.25, 0.3) is 0 Å². The standard InChI is InChI=1S/C17H30N4O2S.HI/c1-6-8-13-21(5)17(18-7-2)19-14-15-9-11-16(12-10-15)24(22,23)20(3)4;/h9-12H,6-8,13-14H2,1-5H3,(H,18,19);1H. The van der Waals surface area contributed by atoms with Gasteiger partial charge in [0.05, 0.1) is 11.4 Å². The minimum absolute atomic E-state index is 0. The van der Waals surface area contributed by atoms with Crippen LogP contribution in [0.5, 0.6) is 0 Å². The van der Waals surface area contributed by atoms with Gasteiger partial charge in [0.1, 0.15) is 0 Å². The number of sulfonamides is 1. The van der Waals surface area contributed by atoms with Gasteiger partial charge >= 0.3 is 0 Å². The summed E-state index contributed by atoms with van der Waals surface area (Å²) in [5.41, 5.74) is 0.979. The number of hydrogen-bond acceptors (Lipinski definition) is 3. The Labute approximate surface area is 169 Å². The van der Waals surface area contributed by atoms with Gasteiger partial charge < -0.3 is 10.2 Å². The summed E-state index contributed by atoms with van der Waals surface area (Å²) in [6.07, 6.45) is 2.27. The first kappa shape index (κ1) is 24.1. The van der Waals surface area contributed by atoms with Crippen molar-refractivity contribution in [1.29, 1.82) is 0 Å². The van der Waals surface area contributed by atoms with E-state index >= 15 is 0 Å². The molecule has 0 amide bonds. The van der Waals surface area contributed by atoms with Crippen molar-refractivity contribution in [1.82, 2.24) is 14.5 Å². The van der Waals surface area contributed by atoms with Crippen LogP contribution in [0.15, 0.2) is 34.2 Å². The molecule has 1 N–H and O–H groups in total. The summed E-state index contributed by atoms with van der Waals surface area (Å²) in [7, 11) is 1.71. The molecule has 25 heavy (non-hydrogen) atoms. The molecular weight excluding hydrogens is 451 g/mol. The molecule has 0 heterocycles. The Morgan fingerprint density at radius 3 is 2.20 bits per heavy atom. The Morgan fingerprint density at radius 2 is 1.72 bits per heavy atom. The molecule has 0 atom stereocenters. The van der Waals surface area contributed by atoms with Crippen LogP contribution in [-0.4, -0.2) is 57.8 Å². The van der Waals surface area contributed by atoms with Gasteiger partial charge in [-0.2, -0.15) is 0 Å². The average Bonchev–Trinajstić information content (AvgIpc) is 2.56. The Bertz CT molecular complexity index is 631. The smallest absolute Gasteiger partial charge is 0.242 e. The second-order valence-electron chi connectivity index (χ2n) is 5.88. The lowest BCUT2D eigenvalue weighted by Crippen LogP contribution is -2.39. The van der Waals surface area contributed by atoms with Gasteiger partial charge in [-0.3, -0.25) is 0 Å². The molecular formula is C17H31IN4O2S. The Hall–Kier alpha value is -0.870. The largest absolute Gasteiger partial charge is 0.357 e. The number of benzene rings is 1. The molecule has 0 saturated carbocycles. The van der Waals surface area contributed by atoms with Gasteiger partial charge in [-0.25, -0.2) is 17.7 Å². The van der Waals surface area contributed by atoms with Crippen LogP contribution < -0.4 is 5.32 Å². The first-order valence-corrected chi connectivity index (χ1v) is 9.77. The maximum Gasteiger partial charge on any atom is 0.242 e. The summed E-state index contributed by atoms with van der Waals surface area (Å²) >= 11 is 0. The lowest BCUT2D eigenvalue weighted by molar-refractivity contribution is 0.465. The van der Waals surface area contributed by atoms with Gasteiger partial charge in [-0.1, -0.05) is 25.5 Å². The Morgan fingerprint density at radius 1 is 1.12 bits per heavy atom. The number of nitrogens with one attached hydrogen (secondary N) is 1. The number of hydrogen-bond donors (Lipinski definition) is 1. The van der Waals surface area contributed by atoms with Crippen molar-refractivity contribution in [2.75, 3.05) is 34.2 Å². The molecule has 0 spiro atoms. The molecule has 144 valence electrons. The molecule has 1 aromatic rings. The second-order valence-corrected chi connectivity index (χ2v) is 8.03. The van der Waals surface area contributed by atoms with Crippen LogP contribution in [0.3, 0.4) is 0 Å². The maximum atomic E-state index is 12.1. The molecule has 0 fully saturated rings. The van der Waals surface area contributed by atoms with Crippen LogP contribution in [0.1, 0.15) is 32.3 Å². The summed E-state index contributed by atoms with van der Waals surface area (Å²) in [6, 6.07) is 6.90. The van der Waals surface area contributed by atoms with Crippen LogP contribution in [0.4, 0.5) is 0 Å². The van der Waals surface area contributed by atoms with E-state index in [0.29, 0.717) is 11.4 Å². The van der Waals surface area contributed by atoms with Gasteiger partial charge in [0.2, 0.25) is 10.0 Å². The number of halogens is 1. The molecule has 0 saturated heterocycles. The molecule has 0 unspecified atom stereocenters. The molecule has 0 aliphatic heterocycles. The number of nitrogens with zero attached hydrogens (tertiary/aromatic N) is 3. The minimum Gasteiger partial charge on any atom is -0.357 e. The molecule has 1 aromatic carbocycles. The third-order valence-corrected chi connectivity index (χ3v) is 5.49. The minimum atomic E-state index is -3.38. The number of aliphatic imine (C=N–C) groups is 1. The van der Waals surface area contributed by atoms with Crippen molar-refractivity contribution in [2.45, 2.75) is 38.1 Å². The third-order valence-electron chi connectivity index (χ3n) is 3.66. The average molecular weight is 482 g/mol. The molecule has 0 aliphatic rings. The monoisotopic (exact) mass is 482 g/mol. The molecule has 0 aliphatic carbocycles. The zero-order valence-electron chi connectivity index (χ0n) is 15.8. The number of unbranched alkanes of at least 4 members (excludes halogenated alkanes) is 1. The van der Waals surface area contributed by atoms with E-state index in [0.717, 1.165) is 37.5 Å². The SMILES string of the molecule is CCCCN(C)C(=NCc1ccc(S(=O)(=O)N(C)C)cc1)NCC.I. The summed E-state index contributed by atoms with van der Waals surface area (Å²) in [5, 5.41) is 3.29. The predicted octanol–water partition coefficient (Wildman–Crippen LogP) is 2.75. The normalized spacial score (nSPS) is 12.0. The van der Waals surface area contributed by atoms with E-state index in [-0.39, 0.29) is 24.0 Å². The van der Waals surface area contributed by atoms with Gasteiger partial charge in [-0.15, -0.1) is 24.0 Å². The highest BCUT2D eigenvalue weighted by atomic mass is 127. The van der Waals surface area contributed by atoms with Crippen molar-refractivity contribution >= 4 is 40.0 Å². The van der Waals surface area contributed by atoms with Crippen molar-refractivity contribution in [2.24, 2.45) is 4.99 Å². The fraction of sp³-hybridized carbons (Fsp3) is 0.588. The van der Waals surface area contributed by atoms with E-state index in [1.54, 1.807) is 12.1 Å². The first-order valence-electron chi connectivity index (χ1n) is 8.33. The zero-order chi connectivity index (χ0) is 18.2. The highest BCUT2D eigenvalue weighted by Crippen LogP contribution is 2.14. The van der Waals surface area contributed by atoms with E-state index in [2.05, 4.69) is 22.1 Å². The number of rotatable bonds is 8. The number of guanidine groups is 1. The van der Waals surface area contributed by atoms with E-state index in [1.165, 1.54) is 18.4 Å². The summed E-state index contributed by atoms with van der Waals surface area (Å²) in [4.78, 5) is 7.06. The van der Waals surface area contributed by atoms with Gasteiger partial charge in [0.15, 0.2) is 5.96 Å². The van der Waals surface area contributed by atoms with Crippen LogP contribution >= 0.6 is 24.0 Å². The van der Waals surface area contributed by atoms with Crippen molar-refractivity contribution in [3.63, 3.8) is 0 Å². The molecule has 0 aromatic heterocycles. The summed E-state index contributed by atoms with van der Waals surface area (Å²) in [5.74, 6) is 0.871. The van der Waals surface area contributed by atoms with Crippen molar-refractivity contribution in [3.05, 3.63) is 29.8 Å². The molecule has 8 heteroatoms. The van der Waals surface area contributed by atoms with Gasteiger partial charge in [0.25, 0.3) is 0 Å². The van der Waals surface area contributed by atoms with E-state index in [4.69, 9.17) is 0 Å². The van der Waals surface area contributed by atoms with E-state index in [1.807, 2.05) is 26.1 Å². The molecule has 6 nitrogen and oxygen atoms in total. The molecule has 1 rings (SSSR count). The van der Waals surface area contributed by atoms with Gasteiger partial charge in [-0.05, 0) is 31.0 Å². The summed E-state index contributed by atoms with van der Waals surface area (Å²) < 4.78 is 25.3. The maximum absolute atomic E-state index is 12.1. The van der Waals surface area contributed by atoms with Gasteiger partial charge in [0, 0.05) is 34.2 Å². The fourth-order valence-corrected chi connectivity index (χ4v) is 3.02. The Balaban J connectivity index is 0.00000576. The fourth-order valence-electron chi connectivity index (χ4n) is 2.11. The van der Waals surface area contributed by atoms with Crippen LogP contribution in [0.2, 0.25) is 0 Å². The second kappa shape index (κ2) is 11.7. The lowest BCUT2D eigenvalue weighted by Gasteiger charge is -2.21. The zero-order valence-corrected chi connectivity index (χ0v) is 19.0. The quantitative estimate of drug-likeness (QED) is 0.352. The van der Waals surface area contributed by atoms with Crippen LogP contribution in [0, 0.1) is 0 Å². The Kier molecular flexibility index (Phi) is 11.3. The topological polar surface area (TPSA) is 65.0 Å². The third kappa shape index (κ3) is 7.49.